The predicted molar refractivity (Wildman–Crippen MR) is 118 cm³/mol. The van der Waals surface area contributed by atoms with E-state index in [1.165, 1.54) is 21.8 Å². The number of aryl methyl sites for hydroxylation is 1. The monoisotopic (exact) mass is 449 g/mol. The summed E-state index contributed by atoms with van der Waals surface area (Å²) < 4.78 is 40.5. The second-order valence-corrected chi connectivity index (χ2v) is 9.87. The zero-order valence-corrected chi connectivity index (χ0v) is 18.7. The highest BCUT2D eigenvalue weighted by atomic mass is 32.1. The summed E-state index contributed by atoms with van der Waals surface area (Å²) in [6.07, 6.45) is -0.228. The van der Waals surface area contributed by atoms with E-state index < -0.39 is 11.7 Å². The largest absolute Gasteiger partial charge is 0.416 e. The first-order chi connectivity index (χ1) is 14.6. The fourth-order valence-corrected chi connectivity index (χ4v) is 5.69. The Kier molecular flexibility index (Phi) is 5.96. The van der Waals surface area contributed by atoms with Crippen molar-refractivity contribution in [3.63, 3.8) is 0 Å². The third kappa shape index (κ3) is 4.55. The molecule has 31 heavy (non-hydrogen) atoms. The number of rotatable bonds is 5. The molecule has 0 spiro atoms. The first kappa shape index (κ1) is 22.0. The van der Waals surface area contributed by atoms with Gasteiger partial charge in [-0.25, -0.2) is 4.98 Å². The molecule has 166 valence electrons. The van der Waals surface area contributed by atoms with Gasteiger partial charge in [-0.1, -0.05) is 26.0 Å². The Morgan fingerprint density at radius 1 is 1.32 bits per heavy atom. The zero-order chi connectivity index (χ0) is 22.3. The number of hydrogen-bond acceptors (Lipinski definition) is 4. The van der Waals surface area contributed by atoms with Crippen molar-refractivity contribution in [2.45, 2.75) is 51.9 Å². The molecule has 0 bridgehead atoms. The Labute approximate surface area is 183 Å². The number of halogens is 3. The van der Waals surface area contributed by atoms with Gasteiger partial charge < -0.3 is 4.90 Å². The topological polar surface area (TPSA) is 38.1 Å². The van der Waals surface area contributed by atoms with E-state index in [4.69, 9.17) is 0 Å². The first-order valence-corrected chi connectivity index (χ1v) is 11.3. The molecular weight excluding hydrogens is 423 g/mol. The van der Waals surface area contributed by atoms with E-state index in [0.29, 0.717) is 22.9 Å². The van der Waals surface area contributed by atoms with Crippen molar-refractivity contribution in [3.8, 4) is 0 Å². The summed E-state index contributed by atoms with van der Waals surface area (Å²) in [7, 11) is 2.16. The van der Waals surface area contributed by atoms with Gasteiger partial charge in [-0.05, 0) is 55.5 Å². The maximum absolute atomic E-state index is 13.2. The number of alkyl halides is 3. The smallest absolute Gasteiger partial charge is 0.303 e. The van der Waals surface area contributed by atoms with E-state index >= 15 is 0 Å². The third-order valence-corrected chi connectivity index (χ3v) is 7.06. The summed E-state index contributed by atoms with van der Waals surface area (Å²) in [5.74, 6) is 0.596. The molecule has 2 aromatic heterocycles. The molecule has 1 aliphatic rings. The maximum atomic E-state index is 13.2. The number of hydrogen-bond donors (Lipinski definition) is 0. The van der Waals surface area contributed by atoms with Crippen LogP contribution >= 0.6 is 11.3 Å². The first-order valence-electron chi connectivity index (χ1n) is 10.5. The molecular formula is C23H26F3N3OS. The molecule has 4 rings (SSSR count). The molecule has 0 aliphatic heterocycles. The molecule has 0 radical (unpaired) electrons. The molecule has 0 saturated heterocycles. The zero-order valence-electron chi connectivity index (χ0n) is 17.9. The highest BCUT2D eigenvalue weighted by molar-refractivity contribution is 7.18. The van der Waals surface area contributed by atoms with Crippen LogP contribution in [0, 0.1) is 5.92 Å². The van der Waals surface area contributed by atoms with Gasteiger partial charge in [0.2, 0.25) is 0 Å². The van der Waals surface area contributed by atoms with Crippen molar-refractivity contribution in [3.05, 3.63) is 62.5 Å². The fourth-order valence-electron chi connectivity index (χ4n) is 4.44. The lowest BCUT2D eigenvalue weighted by molar-refractivity contribution is -0.137. The Bertz CT molecular complexity index is 1150. The van der Waals surface area contributed by atoms with Crippen molar-refractivity contribution in [2.75, 3.05) is 13.6 Å². The van der Waals surface area contributed by atoms with E-state index in [1.54, 1.807) is 17.4 Å². The van der Waals surface area contributed by atoms with Crippen molar-refractivity contribution in [1.82, 2.24) is 14.5 Å². The summed E-state index contributed by atoms with van der Waals surface area (Å²) in [6, 6.07) is 5.56. The van der Waals surface area contributed by atoms with Crippen LogP contribution in [0.2, 0.25) is 0 Å². The van der Waals surface area contributed by atoms with Gasteiger partial charge >= 0.3 is 6.18 Å². The van der Waals surface area contributed by atoms with E-state index in [0.717, 1.165) is 48.3 Å². The van der Waals surface area contributed by atoms with Gasteiger partial charge in [-0.2, -0.15) is 13.2 Å². The molecule has 8 heteroatoms. The lowest BCUT2D eigenvalue weighted by Gasteiger charge is -2.32. The molecule has 1 atom stereocenters. The van der Waals surface area contributed by atoms with Crippen LogP contribution in [-0.4, -0.2) is 34.1 Å². The average molecular weight is 450 g/mol. The number of thiophene rings is 1. The summed E-state index contributed by atoms with van der Waals surface area (Å²) in [5.41, 5.74) is 0.619. The second kappa shape index (κ2) is 8.39. The maximum Gasteiger partial charge on any atom is 0.416 e. The molecule has 1 aromatic carbocycles. The highest BCUT2D eigenvalue weighted by Gasteiger charge is 2.30. The summed E-state index contributed by atoms with van der Waals surface area (Å²) in [6.45, 7) is 5.52. The van der Waals surface area contributed by atoms with Crippen molar-refractivity contribution >= 4 is 21.6 Å². The minimum Gasteiger partial charge on any atom is -0.303 e. The molecule has 4 nitrogen and oxygen atoms in total. The van der Waals surface area contributed by atoms with Gasteiger partial charge in [0.25, 0.3) is 5.56 Å². The molecule has 0 N–H and O–H groups in total. The van der Waals surface area contributed by atoms with Crippen LogP contribution in [0.3, 0.4) is 0 Å². The van der Waals surface area contributed by atoms with Crippen LogP contribution in [0.15, 0.2) is 35.4 Å². The van der Waals surface area contributed by atoms with E-state index in [1.807, 2.05) is 0 Å². The fraction of sp³-hybridized carbons (Fsp3) is 0.478. The van der Waals surface area contributed by atoms with Crippen molar-refractivity contribution < 1.29 is 13.2 Å². The van der Waals surface area contributed by atoms with Crippen LogP contribution in [0.25, 0.3) is 10.2 Å². The summed E-state index contributed by atoms with van der Waals surface area (Å²) in [4.78, 5) is 22.0. The molecule has 1 unspecified atom stereocenters. The number of benzene rings is 1. The standard InChI is InChI=1S/C23H26F3N3OS/c1-14(2)11-28(3)17-7-8-18-19(10-17)31-21-20(18)22(30)29(13-27-21)12-15-5-4-6-16(9-15)23(24,25)26/h4-6,9,13-14,17H,7-8,10-12H2,1-3H3. The van der Waals surface area contributed by atoms with E-state index in [-0.39, 0.29) is 12.1 Å². The molecule has 0 amide bonds. The quantitative estimate of drug-likeness (QED) is 0.552. The SMILES string of the molecule is CC(C)CN(C)C1CCc2c(sc3ncn(Cc4cccc(C(F)(F)F)c4)c(=O)c23)C1. The van der Waals surface area contributed by atoms with Crippen LogP contribution in [0.1, 0.15) is 41.8 Å². The van der Waals surface area contributed by atoms with Gasteiger partial charge in [0.05, 0.1) is 23.8 Å². The summed E-state index contributed by atoms with van der Waals surface area (Å²) in [5, 5.41) is 0.638. The molecule has 3 aromatic rings. The molecule has 2 heterocycles. The van der Waals surface area contributed by atoms with Crippen molar-refractivity contribution in [1.29, 1.82) is 0 Å². The predicted octanol–water partition coefficient (Wildman–Crippen LogP) is 4.97. The van der Waals surface area contributed by atoms with Crippen LogP contribution < -0.4 is 5.56 Å². The second-order valence-electron chi connectivity index (χ2n) is 8.79. The van der Waals surface area contributed by atoms with Crippen LogP contribution in [0.5, 0.6) is 0 Å². The Balaban J connectivity index is 1.63. The van der Waals surface area contributed by atoms with Gasteiger partial charge in [0.1, 0.15) is 4.83 Å². The third-order valence-electron chi connectivity index (χ3n) is 5.89. The highest BCUT2D eigenvalue weighted by Crippen LogP contribution is 2.35. The number of nitrogens with zero attached hydrogens (tertiary/aromatic N) is 3. The Hall–Kier alpha value is -2.19. The summed E-state index contributed by atoms with van der Waals surface area (Å²) >= 11 is 1.57. The minimum absolute atomic E-state index is 0.0655. The van der Waals surface area contributed by atoms with Crippen LogP contribution in [-0.2, 0) is 25.6 Å². The lowest BCUT2D eigenvalue weighted by Crippen LogP contribution is -2.38. The normalized spacial score (nSPS) is 17.0. The lowest BCUT2D eigenvalue weighted by atomic mass is 9.92. The van der Waals surface area contributed by atoms with E-state index in [2.05, 4.69) is 30.8 Å². The molecule has 0 fully saturated rings. The molecule has 0 saturated carbocycles. The minimum atomic E-state index is -4.41. The van der Waals surface area contributed by atoms with Gasteiger partial charge in [-0.15, -0.1) is 11.3 Å². The number of aromatic nitrogens is 2. The average Bonchev–Trinajstić information content (AvgIpc) is 3.07. The van der Waals surface area contributed by atoms with Gasteiger partial charge in [0, 0.05) is 17.5 Å². The van der Waals surface area contributed by atoms with E-state index in [9.17, 15) is 18.0 Å². The van der Waals surface area contributed by atoms with Gasteiger partial charge in [-0.3, -0.25) is 9.36 Å². The number of likely N-dealkylation sites (N-methyl/N-ethyl adjacent to an activating group) is 1. The van der Waals surface area contributed by atoms with Crippen LogP contribution in [0.4, 0.5) is 13.2 Å². The van der Waals surface area contributed by atoms with Gasteiger partial charge in [0.15, 0.2) is 0 Å². The Morgan fingerprint density at radius 3 is 2.81 bits per heavy atom. The Morgan fingerprint density at radius 2 is 2.10 bits per heavy atom. The molecule has 1 aliphatic carbocycles. The van der Waals surface area contributed by atoms with Crippen molar-refractivity contribution in [2.24, 2.45) is 5.92 Å². The number of fused-ring (bicyclic) bond motifs is 3.